The average Bonchev–Trinajstić information content (AvgIpc) is 2.79. The van der Waals surface area contributed by atoms with Crippen LogP contribution in [0.15, 0.2) is 91.0 Å². The van der Waals surface area contributed by atoms with Crippen LogP contribution in [-0.2, 0) is 0 Å². The van der Waals surface area contributed by atoms with Gasteiger partial charge in [-0.1, -0.05) is 92.7 Å². The molecule has 1 aromatic heterocycles. The topological polar surface area (TPSA) is 25.8 Å². The second-order valence-electron chi connectivity index (χ2n) is 7.71. The fourth-order valence-corrected chi connectivity index (χ4v) is 3.85. The number of rotatable bonds is 3. The first-order valence-electron chi connectivity index (χ1n) is 10.1. The molecule has 2 heteroatoms. The molecular formula is C27H22N2. The standard InChI is InChI=1S/C27H22N2/c1-18(2)27-28-24-16-14-22-17-21(19-9-5-3-6-10-19)13-15-23(22)25(24)26(29-27)20-11-7-4-8-12-20/h3-18H,1-2H3. The van der Waals surface area contributed by atoms with Gasteiger partial charge < -0.3 is 0 Å². The van der Waals surface area contributed by atoms with Crippen molar-refractivity contribution in [3.8, 4) is 22.4 Å². The molecule has 0 fully saturated rings. The van der Waals surface area contributed by atoms with E-state index in [2.05, 4.69) is 92.7 Å². The van der Waals surface area contributed by atoms with Gasteiger partial charge in [0.25, 0.3) is 0 Å². The van der Waals surface area contributed by atoms with Crippen molar-refractivity contribution in [1.29, 1.82) is 0 Å². The van der Waals surface area contributed by atoms with Gasteiger partial charge in [0.1, 0.15) is 5.82 Å². The minimum atomic E-state index is 0.276. The van der Waals surface area contributed by atoms with E-state index in [0.717, 1.165) is 28.0 Å². The number of benzene rings is 4. The van der Waals surface area contributed by atoms with Gasteiger partial charge in [-0.05, 0) is 34.0 Å². The quantitative estimate of drug-likeness (QED) is 0.311. The lowest BCUT2D eigenvalue weighted by molar-refractivity contribution is 0.785. The highest BCUT2D eigenvalue weighted by Gasteiger charge is 2.15. The molecule has 0 saturated carbocycles. The molecular weight excluding hydrogens is 352 g/mol. The monoisotopic (exact) mass is 374 g/mol. The summed E-state index contributed by atoms with van der Waals surface area (Å²) in [7, 11) is 0. The van der Waals surface area contributed by atoms with E-state index in [0.29, 0.717) is 0 Å². The first-order chi connectivity index (χ1) is 14.2. The normalized spacial score (nSPS) is 11.4. The Hall–Kier alpha value is -3.52. The van der Waals surface area contributed by atoms with Crippen LogP contribution in [0.2, 0.25) is 0 Å². The third kappa shape index (κ3) is 3.17. The van der Waals surface area contributed by atoms with Crippen molar-refractivity contribution < 1.29 is 0 Å². The van der Waals surface area contributed by atoms with Gasteiger partial charge in [-0.15, -0.1) is 0 Å². The number of nitrogens with zero attached hydrogens (tertiary/aromatic N) is 2. The predicted octanol–water partition coefficient (Wildman–Crippen LogP) is 7.24. The van der Waals surface area contributed by atoms with Crippen molar-refractivity contribution in [3.63, 3.8) is 0 Å². The zero-order valence-electron chi connectivity index (χ0n) is 16.6. The molecule has 140 valence electrons. The van der Waals surface area contributed by atoms with Gasteiger partial charge in [0, 0.05) is 16.9 Å². The zero-order valence-corrected chi connectivity index (χ0v) is 16.6. The second kappa shape index (κ2) is 7.14. The maximum Gasteiger partial charge on any atom is 0.132 e. The van der Waals surface area contributed by atoms with Crippen molar-refractivity contribution in [2.45, 2.75) is 19.8 Å². The van der Waals surface area contributed by atoms with Crippen molar-refractivity contribution in [2.24, 2.45) is 0 Å². The number of aromatic nitrogens is 2. The Labute approximate surface area is 170 Å². The maximum absolute atomic E-state index is 4.99. The molecule has 2 nitrogen and oxygen atoms in total. The van der Waals surface area contributed by atoms with Gasteiger partial charge in [0.05, 0.1) is 11.2 Å². The van der Waals surface area contributed by atoms with Crippen LogP contribution in [0.3, 0.4) is 0 Å². The molecule has 0 atom stereocenters. The molecule has 0 aliphatic heterocycles. The summed E-state index contributed by atoms with van der Waals surface area (Å²) in [6, 6.07) is 31.9. The highest BCUT2D eigenvalue weighted by Crippen LogP contribution is 2.35. The minimum absolute atomic E-state index is 0.276. The van der Waals surface area contributed by atoms with Gasteiger partial charge in [-0.25, -0.2) is 9.97 Å². The van der Waals surface area contributed by atoms with Gasteiger partial charge in [0.15, 0.2) is 0 Å². The molecule has 0 amide bonds. The van der Waals surface area contributed by atoms with E-state index in [1.165, 1.54) is 21.9 Å². The molecule has 0 aliphatic carbocycles. The van der Waals surface area contributed by atoms with Gasteiger partial charge >= 0.3 is 0 Å². The van der Waals surface area contributed by atoms with E-state index in [-0.39, 0.29) is 5.92 Å². The van der Waals surface area contributed by atoms with Gasteiger partial charge in [0.2, 0.25) is 0 Å². The summed E-state index contributed by atoms with van der Waals surface area (Å²) in [6.45, 7) is 4.28. The van der Waals surface area contributed by atoms with E-state index in [1.807, 2.05) is 12.1 Å². The number of hydrogen-bond donors (Lipinski definition) is 0. The second-order valence-corrected chi connectivity index (χ2v) is 7.71. The average molecular weight is 374 g/mol. The van der Waals surface area contributed by atoms with Crippen LogP contribution in [0.1, 0.15) is 25.6 Å². The third-order valence-electron chi connectivity index (χ3n) is 5.37. The van der Waals surface area contributed by atoms with E-state index in [1.54, 1.807) is 0 Å². The van der Waals surface area contributed by atoms with Crippen molar-refractivity contribution in [1.82, 2.24) is 9.97 Å². The number of fused-ring (bicyclic) bond motifs is 3. The summed E-state index contributed by atoms with van der Waals surface area (Å²) < 4.78 is 0. The first-order valence-corrected chi connectivity index (χ1v) is 10.1. The minimum Gasteiger partial charge on any atom is -0.233 e. The lowest BCUT2D eigenvalue weighted by Gasteiger charge is -2.14. The van der Waals surface area contributed by atoms with E-state index in [9.17, 15) is 0 Å². The zero-order chi connectivity index (χ0) is 19.8. The fourth-order valence-electron chi connectivity index (χ4n) is 3.85. The number of hydrogen-bond acceptors (Lipinski definition) is 2. The van der Waals surface area contributed by atoms with Gasteiger partial charge in [-0.2, -0.15) is 0 Å². The Morgan fingerprint density at radius 3 is 2.00 bits per heavy atom. The predicted molar refractivity (Wildman–Crippen MR) is 122 cm³/mol. The highest BCUT2D eigenvalue weighted by atomic mass is 14.9. The lowest BCUT2D eigenvalue weighted by Crippen LogP contribution is -2.01. The molecule has 0 radical (unpaired) electrons. The Morgan fingerprint density at radius 1 is 0.621 bits per heavy atom. The lowest BCUT2D eigenvalue weighted by atomic mass is 9.96. The molecule has 5 aromatic rings. The van der Waals surface area contributed by atoms with Crippen LogP contribution in [0.5, 0.6) is 0 Å². The summed E-state index contributed by atoms with van der Waals surface area (Å²) in [5, 5.41) is 3.52. The highest BCUT2D eigenvalue weighted by molar-refractivity contribution is 6.12. The Bertz CT molecular complexity index is 1310. The largest absolute Gasteiger partial charge is 0.233 e. The Morgan fingerprint density at radius 2 is 1.31 bits per heavy atom. The molecule has 29 heavy (non-hydrogen) atoms. The Kier molecular flexibility index (Phi) is 4.33. The summed E-state index contributed by atoms with van der Waals surface area (Å²) >= 11 is 0. The van der Waals surface area contributed by atoms with E-state index < -0.39 is 0 Å². The summed E-state index contributed by atoms with van der Waals surface area (Å²) in [4.78, 5) is 9.87. The summed E-state index contributed by atoms with van der Waals surface area (Å²) in [5.41, 5.74) is 5.59. The smallest absolute Gasteiger partial charge is 0.132 e. The van der Waals surface area contributed by atoms with Crippen molar-refractivity contribution in [2.75, 3.05) is 0 Å². The van der Waals surface area contributed by atoms with Crippen LogP contribution < -0.4 is 0 Å². The van der Waals surface area contributed by atoms with Crippen molar-refractivity contribution in [3.05, 3.63) is 96.8 Å². The van der Waals surface area contributed by atoms with Gasteiger partial charge in [-0.3, -0.25) is 0 Å². The van der Waals surface area contributed by atoms with E-state index in [4.69, 9.17) is 9.97 Å². The van der Waals surface area contributed by atoms with Crippen LogP contribution in [-0.4, -0.2) is 9.97 Å². The Balaban J connectivity index is 1.82. The van der Waals surface area contributed by atoms with Crippen LogP contribution in [0.4, 0.5) is 0 Å². The molecule has 4 aromatic carbocycles. The maximum atomic E-state index is 4.99. The first kappa shape index (κ1) is 17.6. The molecule has 0 unspecified atom stereocenters. The van der Waals surface area contributed by atoms with Crippen LogP contribution >= 0.6 is 0 Å². The van der Waals surface area contributed by atoms with Crippen LogP contribution in [0, 0.1) is 0 Å². The fraction of sp³-hybridized carbons (Fsp3) is 0.111. The summed E-state index contributed by atoms with van der Waals surface area (Å²) in [6.07, 6.45) is 0. The molecule has 0 aliphatic rings. The third-order valence-corrected chi connectivity index (χ3v) is 5.37. The van der Waals surface area contributed by atoms with Crippen molar-refractivity contribution >= 4 is 21.7 Å². The molecule has 5 rings (SSSR count). The van der Waals surface area contributed by atoms with E-state index >= 15 is 0 Å². The van der Waals surface area contributed by atoms with Crippen LogP contribution in [0.25, 0.3) is 44.1 Å². The molecule has 1 heterocycles. The summed E-state index contributed by atoms with van der Waals surface area (Å²) in [5.74, 6) is 1.16. The molecule has 0 saturated heterocycles. The molecule has 0 spiro atoms. The SMILES string of the molecule is CC(C)c1nc(-c2ccccc2)c2c(ccc3cc(-c4ccccc4)ccc32)n1. The molecule has 0 N–H and O–H groups in total. The molecule has 0 bridgehead atoms.